The first-order valence-corrected chi connectivity index (χ1v) is 15.1. The van der Waals surface area contributed by atoms with E-state index in [9.17, 15) is 0 Å². The molecule has 4 aromatic rings. The van der Waals surface area contributed by atoms with Crippen LogP contribution in [0.2, 0.25) is 0 Å². The summed E-state index contributed by atoms with van der Waals surface area (Å²) in [4.78, 5) is 2.12. The molecule has 0 aliphatic carbocycles. The van der Waals surface area contributed by atoms with Crippen molar-refractivity contribution in [3.05, 3.63) is 181 Å². The molecule has 45 heavy (non-hydrogen) atoms. The third-order valence-corrected chi connectivity index (χ3v) is 8.53. The van der Waals surface area contributed by atoms with Gasteiger partial charge in [-0.2, -0.15) is 0 Å². The zero-order valence-electron chi connectivity index (χ0n) is 26.2. The summed E-state index contributed by atoms with van der Waals surface area (Å²) in [7, 11) is 0. The van der Waals surface area contributed by atoms with E-state index < -0.39 is 0 Å². The number of hydrogen-bond donors (Lipinski definition) is 0. The standard InChI is InChI=1S/C41H37N2O2/c1-7-38(44-30-20-11-9-12-21-30)42-34-26-17-15-24-32(34)40(3,4)36(42)28-19-29-37-41(5,6)33-25-16-18-27-35(33)43(37)39(8-2)45-31-22-13-10-14-23-31/h9-29H,1-2H2,3-6H3/q+1. The number of ether oxygens (including phenoxy) is 2. The van der Waals surface area contributed by atoms with Crippen molar-refractivity contribution in [2.75, 3.05) is 4.90 Å². The maximum absolute atomic E-state index is 6.36. The second-order valence-electron chi connectivity index (χ2n) is 12.0. The van der Waals surface area contributed by atoms with Gasteiger partial charge in [0.05, 0.1) is 11.1 Å². The van der Waals surface area contributed by atoms with Crippen molar-refractivity contribution in [1.29, 1.82) is 0 Å². The first-order valence-electron chi connectivity index (χ1n) is 15.1. The quantitative estimate of drug-likeness (QED) is 0.116. The highest BCUT2D eigenvalue weighted by molar-refractivity contribution is 6.03. The molecular formula is C41H37N2O2+. The Kier molecular flexibility index (Phi) is 7.79. The summed E-state index contributed by atoms with van der Waals surface area (Å²) in [6.45, 7) is 16.9. The molecular weight excluding hydrogens is 552 g/mol. The first-order chi connectivity index (χ1) is 21.8. The van der Waals surface area contributed by atoms with E-state index in [2.05, 4.69) is 116 Å². The van der Waals surface area contributed by atoms with Crippen LogP contribution in [0.15, 0.2) is 170 Å². The molecule has 0 saturated carbocycles. The molecule has 0 spiro atoms. The molecule has 6 rings (SSSR count). The van der Waals surface area contributed by atoms with Gasteiger partial charge in [0.2, 0.25) is 17.3 Å². The number of anilines is 1. The Labute approximate surface area is 266 Å². The lowest BCUT2D eigenvalue weighted by Crippen LogP contribution is -2.28. The van der Waals surface area contributed by atoms with Crippen molar-refractivity contribution in [2.45, 2.75) is 38.5 Å². The van der Waals surface area contributed by atoms with E-state index in [0.717, 1.165) is 34.3 Å². The molecule has 0 atom stereocenters. The van der Waals surface area contributed by atoms with Crippen LogP contribution in [0.1, 0.15) is 38.8 Å². The number of fused-ring (bicyclic) bond motifs is 2. The highest BCUT2D eigenvalue weighted by Gasteiger charge is 2.47. The monoisotopic (exact) mass is 589 g/mol. The number of rotatable bonds is 8. The minimum absolute atomic E-state index is 0.315. The van der Waals surface area contributed by atoms with Crippen molar-refractivity contribution in [1.82, 2.24) is 0 Å². The van der Waals surface area contributed by atoms with E-state index in [1.165, 1.54) is 11.1 Å². The topological polar surface area (TPSA) is 24.7 Å². The van der Waals surface area contributed by atoms with Crippen LogP contribution in [0, 0.1) is 0 Å². The molecule has 2 aliphatic heterocycles. The van der Waals surface area contributed by atoms with Gasteiger partial charge < -0.3 is 9.47 Å². The van der Waals surface area contributed by atoms with E-state index in [0.29, 0.717) is 11.8 Å². The van der Waals surface area contributed by atoms with Crippen molar-refractivity contribution >= 4 is 17.1 Å². The summed E-state index contributed by atoms with van der Waals surface area (Å²) in [5.41, 5.74) is 12.1. The van der Waals surface area contributed by atoms with E-state index in [1.807, 2.05) is 72.8 Å². The van der Waals surface area contributed by atoms with Gasteiger partial charge in [-0.3, -0.25) is 4.90 Å². The van der Waals surface area contributed by atoms with Crippen LogP contribution in [-0.2, 0) is 10.8 Å². The van der Waals surface area contributed by atoms with Gasteiger partial charge in [0.25, 0.3) is 0 Å². The Morgan fingerprint density at radius 3 is 1.91 bits per heavy atom. The second-order valence-corrected chi connectivity index (χ2v) is 12.0. The van der Waals surface area contributed by atoms with Crippen LogP contribution in [0.3, 0.4) is 0 Å². The molecule has 0 unspecified atom stereocenters. The molecule has 2 aliphatic rings. The lowest BCUT2D eigenvalue weighted by atomic mass is 9.81. The zero-order valence-corrected chi connectivity index (χ0v) is 26.2. The Balaban J connectivity index is 1.46. The molecule has 0 aromatic heterocycles. The van der Waals surface area contributed by atoms with Crippen LogP contribution >= 0.6 is 0 Å². The molecule has 0 radical (unpaired) electrons. The largest absolute Gasteiger partial charge is 0.434 e. The van der Waals surface area contributed by atoms with Gasteiger partial charge in [-0.1, -0.05) is 105 Å². The highest BCUT2D eigenvalue weighted by Crippen LogP contribution is 2.49. The third-order valence-electron chi connectivity index (χ3n) is 8.53. The number of benzene rings is 4. The molecule has 0 amide bonds. The smallest absolute Gasteiger partial charge is 0.426 e. The Morgan fingerprint density at radius 2 is 1.27 bits per heavy atom. The summed E-state index contributed by atoms with van der Waals surface area (Å²) in [6.07, 6.45) is 6.43. The average molecular weight is 590 g/mol. The van der Waals surface area contributed by atoms with Crippen LogP contribution in [0.5, 0.6) is 11.5 Å². The molecule has 0 saturated heterocycles. The van der Waals surface area contributed by atoms with Gasteiger partial charge in [0.1, 0.15) is 11.5 Å². The van der Waals surface area contributed by atoms with E-state index in [1.54, 1.807) is 0 Å². The average Bonchev–Trinajstić information content (AvgIpc) is 3.42. The maximum atomic E-state index is 6.36. The maximum Gasteiger partial charge on any atom is 0.426 e. The fourth-order valence-corrected chi connectivity index (χ4v) is 6.24. The zero-order chi connectivity index (χ0) is 31.6. The van der Waals surface area contributed by atoms with E-state index >= 15 is 0 Å². The van der Waals surface area contributed by atoms with Crippen molar-refractivity contribution in [2.24, 2.45) is 0 Å². The number of allylic oxidation sites excluding steroid dienone is 4. The van der Waals surface area contributed by atoms with Gasteiger partial charge in [-0.25, -0.2) is 0 Å². The van der Waals surface area contributed by atoms with Crippen LogP contribution < -0.4 is 14.4 Å². The van der Waals surface area contributed by atoms with Crippen LogP contribution in [-0.4, -0.2) is 10.3 Å². The predicted octanol–water partition coefficient (Wildman–Crippen LogP) is 9.71. The van der Waals surface area contributed by atoms with E-state index in [4.69, 9.17) is 9.47 Å². The summed E-state index contributed by atoms with van der Waals surface area (Å²) >= 11 is 0. The fraction of sp³-hybridized carbons (Fsp3) is 0.146. The molecule has 4 nitrogen and oxygen atoms in total. The van der Waals surface area contributed by atoms with Gasteiger partial charge in [0.15, 0.2) is 0 Å². The van der Waals surface area contributed by atoms with Gasteiger partial charge >= 0.3 is 5.88 Å². The van der Waals surface area contributed by atoms with Gasteiger partial charge in [0, 0.05) is 28.8 Å². The lowest BCUT2D eigenvalue weighted by molar-refractivity contribution is -0.411. The predicted molar refractivity (Wildman–Crippen MR) is 183 cm³/mol. The first kappa shape index (κ1) is 29.5. The summed E-state index contributed by atoms with van der Waals surface area (Å²) in [5, 5.41) is 0. The molecule has 222 valence electrons. The van der Waals surface area contributed by atoms with Crippen molar-refractivity contribution < 1.29 is 14.0 Å². The molecule has 0 fully saturated rings. The normalized spacial score (nSPS) is 16.6. The van der Waals surface area contributed by atoms with Gasteiger partial charge in [-0.15, -0.1) is 4.58 Å². The highest BCUT2D eigenvalue weighted by atomic mass is 16.5. The lowest BCUT2D eigenvalue weighted by Gasteiger charge is -2.27. The Morgan fingerprint density at radius 1 is 0.689 bits per heavy atom. The number of hydrogen-bond acceptors (Lipinski definition) is 3. The van der Waals surface area contributed by atoms with E-state index in [-0.39, 0.29) is 10.8 Å². The minimum Gasteiger partial charge on any atom is -0.434 e. The van der Waals surface area contributed by atoms with Gasteiger partial charge in [-0.05, 0) is 68.1 Å². The van der Waals surface area contributed by atoms with Crippen molar-refractivity contribution in [3.63, 3.8) is 0 Å². The summed E-state index contributed by atoms with van der Waals surface area (Å²) in [5.74, 6) is 2.49. The summed E-state index contributed by atoms with van der Waals surface area (Å²) in [6, 6.07) is 36.3. The number of nitrogens with zero attached hydrogens (tertiary/aromatic N) is 2. The minimum atomic E-state index is -0.315. The fourth-order valence-electron chi connectivity index (χ4n) is 6.24. The number of para-hydroxylation sites is 4. The van der Waals surface area contributed by atoms with Crippen molar-refractivity contribution in [3.8, 4) is 11.5 Å². The SMILES string of the molecule is C=C=C(Oc1ccccc1)N1C(=CC=CC2=[N+](C(=C=C)Oc3ccccc3)c3ccccc3C2(C)C)C(C)(C)c2ccccc21. The van der Waals surface area contributed by atoms with Crippen LogP contribution in [0.25, 0.3) is 0 Å². The molecule has 0 bridgehead atoms. The Bertz CT molecular complexity index is 1950. The molecule has 4 heteroatoms. The second kappa shape index (κ2) is 11.9. The van der Waals surface area contributed by atoms with Crippen LogP contribution in [0.4, 0.5) is 11.4 Å². The molecule has 4 aromatic carbocycles. The third kappa shape index (κ3) is 5.28. The Hall–Kier alpha value is -5.53. The molecule has 0 N–H and O–H groups in total. The summed E-state index contributed by atoms with van der Waals surface area (Å²) < 4.78 is 14.8. The molecule has 2 heterocycles.